The van der Waals surface area contributed by atoms with E-state index in [0.717, 1.165) is 23.2 Å². The van der Waals surface area contributed by atoms with Crippen molar-refractivity contribution in [3.05, 3.63) is 41.4 Å². The van der Waals surface area contributed by atoms with Gasteiger partial charge in [0.1, 0.15) is 5.01 Å². The molecule has 112 valence electrons. The van der Waals surface area contributed by atoms with E-state index in [2.05, 4.69) is 29.8 Å². The van der Waals surface area contributed by atoms with Crippen molar-refractivity contribution in [1.82, 2.24) is 10.3 Å². The summed E-state index contributed by atoms with van der Waals surface area (Å²) < 4.78 is 0. The minimum absolute atomic E-state index is 0.228. The van der Waals surface area contributed by atoms with Crippen LogP contribution < -0.4 is 5.32 Å². The third-order valence-electron chi connectivity index (χ3n) is 4.20. The number of rotatable bonds is 7. The fraction of sp³-hybridized carbons (Fsp3) is 0.471. The molecule has 2 unspecified atom stereocenters. The molecule has 0 radical (unpaired) electrons. The van der Waals surface area contributed by atoms with Gasteiger partial charge in [-0.15, -0.1) is 11.3 Å². The van der Waals surface area contributed by atoms with Crippen molar-refractivity contribution in [3.63, 3.8) is 0 Å². The second-order valence-corrected chi connectivity index (χ2v) is 6.71. The molecule has 0 amide bonds. The Hall–Kier alpha value is -1.23. The van der Waals surface area contributed by atoms with Gasteiger partial charge < -0.3 is 10.4 Å². The highest BCUT2D eigenvalue weighted by atomic mass is 32.1. The van der Waals surface area contributed by atoms with Gasteiger partial charge in [-0.1, -0.05) is 30.3 Å². The lowest BCUT2D eigenvalue weighted by molar-refractivity contribution is 0.203. The molecule has 1 saturated carbocycles. The molecule has 2 atom stereocenters. The number of hydrogen-bond donors (Lipinski definition) is 2. The Morgan fingerprint density at radius 3 is 2.76 bits per heavy atom. The molecule has 0 aliphatic heterocycles. The minimum atomic E-state index is 0.228. The van der Waals surface area contributed by atoms with Crippen molar-refractivity contribution < 1.29 is 5.11 Å². The molecule has 1 heterocycles. The first-order valence-corrected chi connectivity index (χ1v) is 8.51. The average Bonchev–Trinajstić information content (AvgIpc) is 3.24. The fourth-order valence-corrected chi connectivity index (χ4v) is 3.50. The zero-order chi connectivity index (χ0) is 14.7. The van der Waals surface area contributed by atoms with Crippen molar-refractivity contribution >= 4 is 11.3 Å². The van der Waals surface area contributed by atoms with Crippen LogP contribution in [-0.2, 0) is 0 Å². The molecule has 21 heavy (non-hydrogen) atoms. The normalized spacial score (nSPS) is 17.6. The van der Waals surface area contributed by atoms with Crippen LogP contribution in [0.3, 0.4) is 0 Å². The van der Waals surface area contributed by atoms with Gasteiger partial charge in [0.15, 0.2) is 0 Å². The quantitative estimate of drug-likeness (QED) is 0.823. The minimum Gasteiger partial charge on any atom is -0.396 e. The molecule has 1 aliphatic rings. The Morgan fingerprint density at radius 2 is 2.10 bits per heavy atom. The number of nitrogens with zero attached hydrogens (tertiary/aromatic N) is 1. The Bertz CT molecular complexity index is 565. The van der Waals surface area contributed by atoms with E-state index in [4.69, 9.17) is 4.98 Å². The standard InChI is InChI=1S/C17H22N2OS/c1-12(18-9-15(10-20)13-7-8-13)16-11-21-17(19-16)14-5-3-2-4-6-14/h2-6,11-13,15,18,20H,7-10H2,1H3. The third kappa shape index (κ3) is 3.70. The molecular weight excluding hydrogens is 280 g/mol. The maximum atomic E-state index is 9.42. The molecule has 4 heteroatoms. The zero-order valence-corrected chi connectivity index (χ0v) is 13.1. The molecule has 1 aliphatic carbocycles. The summed E-state index contributed by atoms with van der Waals surface area (Å²) >= 11 is 1.69. The summed E-state index contributed by atoms with van der Waals surface area (Å²) in [5.41, 5.74) is 2.26. The summed E-state index contributed by atoms with van der Waals surface area (Å²) in [5.74, 6) is 1.13. The smallest absolute Gasteiger partial charge is 0.123 e. The van der Waals surface area contributed by atoms with E-state index >= 15 is 0 Å². The van der Waals surface area contributed by atoms with Gasteiger partial charge in [0, 0.05) is 30.1 Å². The number of nitrogens with one attached hydrogen (secondary N) is 1. The first-order chi connectivity index (χ1) is 10.3. The highest BCUT2D eigenvalue weighted by Gasteiger charge is 2.30. The van der Waals surface area contributed by atoms with E-state index in [-0.39, 0.29) is 12.6 Å². The Labute approximate surface area is 130 Å². The fourth-order valence-electron chi connectivity index (χ4n) is 2.58. The highest BCUT2D eigenvalue weighted by Crippen LogP contribution is 2.36. The van der Waals surface area contributed by atoms with E-state index < -0.39 is 0 Å². The van der Waals surface area contributed by atoms with Crippen molar-refractivity contribution in [2.45, 2.75) is 25.8 Å². The van der Waals surface area contributed by atoms with Gasteiger partial charge in [-0.25, -0.2) is 4.98 Å². The molecule has 0 spiro atoms. The van der Waals surface area contributed by atoms with Gasteiger partial charge in [0.25, 0.3) is 0 Å². The summed E-state index contributed by atoms with van der Waals surface area (Å²) in [7, 11) is 0. The number of hydrogen-bond acceptors (Lipinski definition) is 4. The number of benzene rings is 1. The predicted molar refractivity (Wildman–Crippen MR) is 87.3 cm³/mol. The van der Waals surface area contributed by atoms with Crippen LogP contribution in [0.2, 0.25) is 0 Å². The molecule has 0 saturated heterocycles. The SMILES string of the molecule is CC(NCC(CO)C1CC1)c1csc(-c2ccccc2)n1. The van der Waals surface area contributed by atoms with Gasteiger partial charge >= 0.3 is 0 Å². The highest BCUT2D eigenvalue weighted by molar-refractivity contribution is 7.13. The van der Waals surface area contributed by atoms with Crippen molar-refractivity contribution in [1.29, 1.82) is 0 Å². The Balaban J connectivity index is 1.60. The second-order valence-electron chi connectivity index (χ2n) is 5.85. The first kappa shape index (κ1) is 14.7. The number of aliphatic hydroxyl groups is 1. The van der Waals surface area contributed by atoms with Crippen LogP contribution >= 0.6 is 11.3 Å². The van der Waals surface area contributed by atoms with Gasteiger partial charge in [-0.05, 0) is 31.6 Å². The van der Waals surface area contributed by atoms with Crippen LogP contribution in [0.25, 0.3) is 10.6 Å². The van der Waals surface area contributed by atoms with E-state index in [1.54, 1.807) is 11.3 Å². The molecule has 1 aromatic carbocycles. The molecule has 3 rings (SSSR count). The summed E-state index contributed by atoms with van der Waals surface area (Å²) in [6, 6.07) is 10.5. The van der Waals surface area contributed by atoms with Gasteiger partial charge in [0.2, 0.25) is 0 Å². The van der Waals surface area contributed by atoms with E-state index in [1.807, 2.05) is 18.2 Å². The monoisotopic (exact) mass is 302 g/mol. The summed E-state index contributed by atoms with van der Waals surface area (Å²) in [4.78, 5) is 4.74. The van der Waals surface area contributed by atoms with E-state index in [0.29, 0.717) is 5.92 Å². The topological polar surface area (TPSA) is 45.1 Å². The average molecular weight is 302 g/mol. The van der Waals surface area contributed by atoms with Gasteiger partial charge in [-0.3, -0.25) is 0 Å². The summed E-state index contributed by atoms with van der Waals surface area (Å²) in [5, 5.41) is 16.1. The molecule has 1 aromatic heterocycles. The number of aliphatic hydroxyl groups excluding tert-OH is 1. The van der Waals surface area contributed by atoms with Crippen LogP contribution in [0, 0.1) is 11.8 Å². The van der Waals surface area contributed by atoms with Gasteiger partial charge in [0.05, 0.1) is 5.69 Å². The van der Waals surface area contributed by atoms with Crippen LogP contribution in [0.15, 0.2) is 35.7 Å². The summed E-state index contributed by atoms with van der Waals surface area (Å²) in [6.07, 6.45) is 2.55. The van der Waals surface area contributed by atoms with Gasteiger partial charge in [-0.2, -0.15) is 0 Å². The van der Waals surface area contributed by atoms with Crippen molar-refractivity contribution in [3.8, 4) is 10.6 Å². The zero-order valence-electron chi connectivity index (χ0n) is 12.3. The summed E-state index contributed by atoms with van der Waals surface area (Å²) in [6.45, 7) is 3.31. The molecule has 1 fully saturated rings. The van der Waals surface area contributed by atoms with Crippen molar-refractivity contribution in [2.24, 2.45) is 11.8 Å². The molecular formula is C17H22N2OS. The van der Waals surface area contributed by atoms with Crippen LogP contribution in [-0.4, -0.2) is 23.2 Å². The number of thiazole rings is 1. The van der Waals surface area contributed by atoms with Crippen LogP contribution in [0.1, 0.15) is 31.5 Å². The van der Waals surface area contributed by atoms with Crippen molar-refractivity contribution in [2.75, 3.05) is 13.2 Å². The lowest BCUT2D eigenvalue weighted by atomic mass is 10.0. The molecule has 2 N–H and O–H groups in total. The predicted octanol–water partition coefficient (Wildman–Crippen LogP) is 3.48. The Morgan fingerprint density at radius 1 is 1.33 bits per heavy atom. The maximum Gasteiger partial charge on any atom is 0.123 e. The maximum absolute atomic E-state index is 9.42. The van der Waals surface area contributed by atoms with E-state index in [9.17, 15) is 5.11 Å². The first-order valence-electron chi connectivity index (χ1n) is 7.63. The van der Waals surface area contributed by atoms with E-state index in [1.165, 1.54) is 18.4 Å². The molecule has 0 bridgehead atoms. The lowest BCUT2D eigenvalue weighted by Crippen LogP contribution is -2.29. The largest absolute Gasteiger partial charge is 0.396 e. The number of aromatic nitrogens is 1. The Kier molecular flexibility index (Phi) is 4.68. The molecule has 3 nitrogen and oxygen atoms in total. The second kappa shape index (κ2) is 6.69. The van der Waals surface area contributed by atoms with Crippen LogP contribution in [0.5, 0.6) is 0 Å². The lowest BCUT2D eigenvalue weighted by Gasteiger charge is -2.17. The molecule has 2 aromatic rings. The van der Waals surface area contributed by atoms with Crippen LogP contribution in [0.4, 0.5) is 0 Å². The third-order valence-corrected chi connectivity index (χ3v) is 5.11.